The summed E-state index contributed by atoms with van der Waals surface area (Å²) in [6.45, 7) is 13.3. The minimum absolute atomic E-state index is 0.0413. The fourth-order valence-corrected chi connectivity index (χ4v) is 3.28. The normalized spacial score (nSPS) is 18.2. The second kappa shape index (κ2) is 8.02. The Hall–Kier alpha value is -1.55. The fourth-order valence-electron chi connectivity index (χ4n) is 3.28. The molecule has 1 aromatic rings. The van der Waals surface area contributed by atoms with Crippen LogP contribution in [0.3, 0.4) is 0 Å². The molecule has 1 unspecified atom stereocenters. The van der Waals surface area contributed by atoms with Gasteiger partial charge in [-0.1, -0.05) is 26.8 Å². The Morgan fingerprint density at radius 1 is 1.29 bits per heavy atom. The molecule has 4 nitrogen and oxygen atoms in total. The third-order valence-corrected chi connectivity index (χ3v) is 5.05. The minimum Gasteiger partial charge on any atom is -0.481 e. The predicted octanol–water partition coefficient (Wildman–Crippen LogP) is 3.39. The number of rotatable bonds is 6. The van der Waals surface area contributed by atoms with Crippen molar-refractivity contribution in [1.29, 1.82) is 0 Å². The van der Waals surface area contributed by atoms with E-state index in [0.29, 0.717) is 12.5 Å². The van der Waals surface area contributed by atoms with Gasteiger partial charge < -0.3 is 15.4 Å². The SMILES string of the molecule is Cc1cc(OC(C)C(=O)NCC2(C)CCNCC2)ccc1C(C)C. The monoisotopic (exact) mass is 332 g/mol. The van der Waals surface area contributed by atoms with E-state index in [1.54, 1.807) is 0 Å². The molecule has 1 aromatic carbocycles. The van der Waals surface area contributed by atoms with Gasteiger partial charge in [0.05, 0.1) is 0 Å². The molecule has 134 valence electrons. The van der Waals surface area contributed by atoms with E-state index in [2.05, 4.69) is 44.4 Å². The van der Waals surface area contributed by atoms with E-state index in [-0.39, 0.29) is 11.3 Å². The number of carbonyl (C=O) groups excluding carboxylic acids is 1. The zero-order chi connectivity index (χ0) is 17.7. The van der Waals surface area contributed by atoms with Gasteiger partial charge in [-0.3, -0.25) is 4.79 Å². The molecule has 1 aliphatic heterocycles. The molecular weight excluding hydrogens is 300 g/mol. The molecule has 1 atom stereocenters. The number of aryl methyl sites for hydroxylation is 1. The van der Waals surface area contributed by atoms with Crippen molar-refractivity contribution in [3.8, 4) is 5.75 Å². The molecule has 4 heteroatoms. The van der Waals surface area contributed by atoms with E-state index in [1.165, 1.54) is 11.1 Å². The molecule has 1 saturated heterocycles. The Labute approximate surface area is 146 Å². The lowest BCUT2D eigenvalue weighted by Gasteiger charge is -2.34. The number of amides is 1. The quantitative estimate of drug-likeness (QED) is 0.839. The zero-order valence-corrected chi connectivity index (χ0v) is 15.7. The average Bonchev–Trinajstić information content (AvgIpc) is 2.53. The standard InChI is InChI=1S/C20H32N2O2/c1-14(2)18-7-6-17(12-15(18)3)24-16(4)19(23)22-13-20(5)8-10-21-11-9-20/h6-7,12,14,16,21H,8-11,13H2,1-5H3,(H,22,23). The van der Waals surface area contributed by atoms with Crippen LogP contribution in [0.1, 0.15) is 57.6 Å². The van der Waals surface area contributed by atoms with Gasteiger partial charge in [-0.15, -0.1) is 0 Å². The highest BCUT2D eigenvalue weighted by Crippen LogP contribution is 2.27. The van der Waals surface area contributed by atoms with Gasteiger partial charge >= 0.3 is 0 Å². The number of carbonyl (C=O) groups is 1. The van der Waals surface area contributed by atoms with Crippen LogP contribution >= 0.6 is 0 Å². The smallest absolute Gasteiger partial charge is 0.260 e. The number of hydrogen-bond donors (Lipinski definition) is 2. The van der Waals surface area contributed by atoms with Crippen molar-refractivity contribution < 1.29 is 9.53 Å². The van der Waals surface area contributed by atoms with Gasteiger partial charge in [0.15, 0.2) is 6.10 Å². The Morgan fingerprint density at radius 3 is 2.54 bits per heavy atom. The molecule has 2 rings (SSSR count). The van der Waals surface area contributed by atoms with E-state index >= 15 is 0 Å². The molecule has 0 bridgehead atoms. The lowest BCUT2D eigenvalue weighted by Crippen LogP contribution is -2.45. The summed E-state index contributed by atoms with van der Waals surface area (Å²) in [7, 11) is 0. The Bertz CT molecular complexity index is 563. The van der Waals surface area contributed by atoms with Gasteiger partial charge in [0.2, 0.25) is 0 Å². The minimum atomic E-state index is -0.486. The van der Waals surface area contributed by atoms with Crippen LogP contribution in [0, 0.1) is 12.3 Å². The first kappa shape index (κ1) is 18.8. The Kier molecular flexibility index (Phi) is 6.27. The van der Waals surface area contributed by atoms with Crippen LogP contribution in [-0.4, -0.2) is 31.6 Å². The molecule has 24 heavy (non-hydrogen) atoms. The second-order valence-corrected chi connectivity index (χ2v) is 7.71. The van der Waals surface area contributed by atoms with E-state index in [1.807, 2.05) is 19.1 Å². The van der Waals surface area contributed by atoms with Crippen LogP contribution < -0.4 is 15.4 Å². The molecule has 0 spiro atoms. The van der Waals surface area contributed by atoms with Gasteiger partial charge in [-0.25, -0.2) is 0 Å². The van der Waals surface area contributed by atoms with Crippen LogP contribution in [0.15, 0.2) is 18.2 Å². The van der Waals surface area contributed by atoms with Gasteiger partial charge in [0.1, 0.15) is 5.75 Å². The fraction of sp³-hybridized carbons (Fsp3) is 0.650. The van der Waals surface area contributed by atoms with Crippen molar-refractivity contribution in [2.24, 2.45) is 5.41 Å². The number of piperidine rings is 1. The number of hydrogen-bond acceptors (Lipinski definition) is 3. The number of nitrogens with one attached hydrogen (secondary N) is 2. The molecule has 1 aliphatic rings. The summed E-state index contributed by atoms with van der Waals surface area (Å²) in [6.07, 6.45) is 1.70. The topological polar surface area (TPSA) is 50.4 Å². The third kappa shape index (κ3) is 4.97. The molecule has 0 saturated carbocycles. The maximum Gasteiger partial charge on any atom is 0.260 e. The maximum atomic E-state index is 12.3. The van der Waals surface area contributed by atoms with E-state index in [0.717, 1.165) is 31.7 Å². The largest absolute Gasteiger partial charge is 0.481 e. The lowest BCUT2D eigenvalue weighted by atomic mass is 9.81. The lowest BCUT2D eigenvalue weighted by molar-refractivity contribution is -0.127. The summed E-state index contributed by atoms with van der Waals surface area (Å²) in [6, 6.07) is 6.07. The maximum absolute atomic E-state index is 12.3. The van der Waals surface area contributed by atoms with Crippen molar-refractivity contribution in [2.45, 2.75) is 59.5 Å². The predicted molar refractivity (Wildman–Crippen MR) is 98.6 cm³/mol. The highest BCUT2D eigenvalue weighted by atomic mass is 16.5. The van der Waals surface area contributed by atoms with Crippen molar-refractivity contribution in [2.75, 3.05) is 19.6 Å². The Morgan fingerprint density at radius 2 is 1.96 bits per heavy atom. The van der Waals surface area contributed by atoms with Gasteiger partial charge in [0, 0.05) is 6.54 Å². The highest BCUT2D eigenvalue weighted by Gasteiger charge is 2.28. The van der Waals surface area contributed by atoms with Gasteiger partial charge in [-0.2, -0.15) is 0 Å². The Balaban J connectivity index is 1.88. The van der Waals surface area contributed by atoms with Crippen LogP contribution in [0.4, 0.5) is 0 Å². The zero-order valence-electron chi connectivity index (χ0n) is 15.7. The first-order valence-corrected chi connectivity index (χ1v) is 9.06. The molecule has 0 radical (unpaired) electrons. The molecule has 1 fully saturated rings. The molecule has 1 amide bonds. The van der Waals surface area contributed by atoms with Crippen molar-refractivity contribution >= 4 is 5.91 Å². The van der Waals surface area contributed by atoms with Crippen LogP contribution in [0.25, 0.3) is 0 Å². The van der Waals surface area contributed by atoms with Crippen molar-refractivity contribution in [3.63, 3.8) is 0 Å². The summed E-state index contributed by atoms with van der Waals surface area (Å²) in [4.78, 5) is 12.3. The molecule has 2 N–H and O–H groups in total. The molecular formula is C20H32N2O2. The van der Waals surface area contributed by atoms with Crippen LogP contribution in [-0.2, 0) is 4.79 Å². The van der Waals surface area contributed by atoms with E-state index in [9.17, 15) is 4.79 Å². The van der Waals surface area contributed by atoms with Crippen LogP contribution in [0.2, 0.25) is 0 Å². The van der Waals surface area contributed by atoms with E-state index in [4.69, 9.17) is 4.74 Å². The average molecular weight is 332 g/mol. The summed E-state index contributed by atoms with van der Waals surface area (Å²) < 4.78 is 5.84. The van der Waals surface area contributed by atoms with Crippen LogP contribution in [0.5, 0.6) is 5.75 Å². The summed E-state index contributed by atoms with van der Waals surface area (Å²) >= 11 is 0. The van der Waals surface area contributed by atoms with E-state index < -0.39 is 6.10 Å². The number of benzene rings is 1. The van der Waals surface area contributed by atoms with Gasteiger partial charge in [0.25, 0.3) is 5.91 Å². The third-order valence-electron chi connectivity index (χ3n) is 5.05. The first-order chi connectivity index (χ1) is 11.3. The second-order valence-electron chi connectivity index (χ2n) is 7.71. The molecule has 0 aromatic heterocycles. The summed E-state index contributed by atoms with van der Waals surface area (Å²) in [5, 5.41) is 6.43. The molecule has 1 heterocycles. The van der Waals surface area contributed by atoms with Crippen molar-refractivity contribution in [3.05, 3.63) is 29.3 Å². The first-order valence-electron chi connectivity index (χ1n) is 9.06. The number of ether oxygens (including phenoxy) is 1. The summed E-state index contributed by atoms with van der Waals surface area (Å²) in [5.74, 6) is 1.21. The van der Waals surface area contributed by atoms with Crippen molar-refractivity contribution in [1.82, 2.24) is 10.6 Å². The summed E-state index contributed by atoms with van der Waals surface area (Å²) in [5.41, 5.74) is 2.71. The van der Waals surface area contributed by atoms with Gasteiger partial charge in [-0.05, 0) is 74.4 Å². The highest BCUT2D eigenvalue weighted by molar-refractivity contribution is 5.80. The molecule has 0 aliphatic carbocycles.